The lowest BCUT2D eigenvalue weighted by molar-refractivity contribution is -0.135. The van der Waals surface area contributed by atoms with Crippen molar-refractivity contribution in [3.05, 3.63) is 11.8 Å². The molecule has 12 heavy (non-hydrogen) atoms. The summed E-state index contributed by atoms with van der Waals surface area (Å²) in [5, 5.41) is 8.29. The number of carbonyl (C=O) groups is 2. The Labute approximate surface area is 70.1 Å². The second-order valence-electron chi connectivity index (χ2n) is 2.54. The molecule has 62 valence electrons. The highest BCUT2D eigenvalue weighted by Gasteiger charge is 2.29. The van der Waals surface area contributed by atoms with Crippen molar-refractivity contribution in [2.45, 2.75) is 19.8 Å². The summed E-state index contributed by atoms with van der Waals surface area (Å²) in [7, 11) is 0. The highest BCUT2D eigenvalue weighted by atomic mass is 16.2. The molecule has 1 saturated heterocycles. The number of hydrogen-bond acceptors (Lipinski definition) is 3. The number of rotatable bonds is 1. The number of hydrogen-bond donors (Lipinski definition) is 0. The molecule has 0 aliphatic carbocycles. The Morgan fingerprint density at radius 1 is 1.50 bits per heavy atom. The summed E-state index contributed by atoms with van der Waals surface area (Å²) >= 11 is 0. The summed E-state index contributed by atoms with van der Waals surface area (Å²) in [4.78, 5) is 23.2. The number of nitrogens with zero attached hydrogens (tertiary/aromatic N) is 2. The maximum atomic E-state index is 11.1. The Hall–Kier alpha value is -1.63. The van der Waals surface area contributed by atoms with Crippen LogP contribution in [0.5, 0.6) is 0 Å². The summed E-state index contributed by atoms with van der Waals surface area (Å²) < 4.78 is 0. The van der Waals surface area contributed by atoms with Crippen molar-refractivity contribution < 1.29 is 9.59 Å². The molecule has 1 rings (SSSR count). The molecule has 2 amide bonds. The van der Waals surface area contributed by atoms with Gasteiger partial charge in [0.25, 0.3) is 0 Å². The van der Waals surface area contributed by atoms with Crippen LogP contribution in [0.1, 0.15) is 19.8 Å². The van der Waals surface area contributed by atoms with Crippen molar-refractivity contribution in [3.63, 3.8) is 0 Å². The van der Waals surface area contributed by atoms with Crippen LogP contribution in [-0.2, 0) is 9.59 Å². The van der Waals surface area contributed by atoms with E-state index in [1.165, 1.54) is 6.08 Å². The molecule has 0 aromatic carbocycles. The van der Waals surface area contributed by atoms with E-state index < -0.39 is 0 Å². The van der Waals surface area contributed by atoms with Gasteiger partial charge in [-0.25, -0.2) is 0 Å². The summed E-state index contributed by atoms with van der Waals surface area (Å²) in [6, 6.07) is 1.78. The summed E-state index contributed by atoms with van der Waals surface area (Å²) in [6.07, 6.45) is 1.71. The van der Waals surface area contributed by atoms with Crippen LogP contribution in [0.25, 0.3) is 0 Å². The van der Waals surface area contributed by atoms with Crippen LogP contribution in [-0.4, -0.2) is 16.7 Å². The number of imide groups is 1. The van der Waals surface area contributed by atoms with Gasteiger partial charge in [-0.2, -0.15) is 5.26 Å². The van der Waals surface area contributed by atoms with E-state index >= 15 is 0 Å². The van der Waals surface area contributed by atoms with E-state index in [1.807, 2.05) is 0 Å². The van der Waals surface area contributed by atoms with Crippen molar-refractivity contribution in [1.29, 1.82) is 5.26 Å². The molecule has 1 aliphatic heterocycles. The minimum Gasteiger partial charge on any atom is -0.274 e. The van der Waals surface area contributed by atoms with Gasteiger partial charge in [0.05, 0.1) is 6.07 Å². The lowest BCUT2D eigenvalue weighted by Gasteiger charge is -2.12. The van der Waals surface area contributed by atoms with Crippen LogP contribution < -0.4 is 0 Å². The topological polar surface area (TPSA) is 61.2 Å². The quantitative estimate of drug-likeness (QED) is 0.420. The Kier molecular flexibility index (Phi) is 2.24. The Bertz CT molecular complexity index is 283. The summed E-state index contributed by atoms with van der Waals surface area (Å²) in [6.45, 7) is 1.57. The molecule has 4 heteroatoms. The number of carbonyl (C=O) groups excluding carboxylic acids is 2. The molecule has 0 unspecified atom stereocenters. The van der Waals surface area contributed by atoms with Crippen LogP contribution in [0.3, 0.4) is 0 Å². The maximum absolute atomic E-state index is 11.1. The van der Waals surface area contributed by atoms with Gasteiger partial charge in [0.15, 0.2) is 0 Å². The fraction of sp³-hybridized carbons (Fsp3) is 0.375. The molecule has 0 N–H and O–H groups in total. The third-order valence-corrected chi connectivity index (χ3v) is 1.68. The van der Waals surface area contributed by atoms with E-state index in [2.05, 4.69) is 0 Å². The fourth-order valence-corrected chi connectivity index (χ4v) is 1.13. The zero-order chi connectivity index (χ0) is 9.14. The molecule has 0 bridgehead atoms. The zero-order valence-corrected chi connectivity index (χ0v) is 6.70. The lowest BCUT2D eigenvalue weighted by atomic mass is 10.4. The van der Waals surface area contributed by atoms with Crippen molar-refractivity contribution in [3.8, 4) is 6.07 Å². The van der Waals surface area contributed by atoms with Gasteiger partial charge in [0.1, 0.15) is 0 Å². The lowest BCUT2D eigenvalue weighted by Crippen LogP contribution is -2.26. The standard InChI is InChI=1S/C8H8N2O2/c1-6(4-5-9)10-7(11)2-3-8(10)12/h4H,2-3H2,1H3. The first-order chi connectivity index (χ1) is 5.66. The number of likely N-dealkylation sites (tertiary alicyclic amines) is 1. The van der Waals surface area contributed by atoms with Gasteiger partial charge >= 0.3 is 0 Å². The SMILES string of the molecule is CC(=CC#N)N1C(=O)CCC1=O. The second kappa shape index (κ2) is 3.18. The predicted molar refractivity (Wildman–Crippen MR) is 40.5 cm³/mol. The molecule has 0 atom stereocenters. The van der Waals surface area contributed by atoms with E-state index in [0.29, 0.717) is 5.70 Å². The molecular formula is C8H8N2O2. The average Bonchev–Trinajstić information content (AvgIpc) is 2.32. The van der Waals surface area contributed by atoms with Gasteiger partial charge in [-0.05, 0) is 6.92 Å². The molecule has 1 aliphatic rings. The van der Waals surface area contributed by atoms with Gasteiger partial charge < -0.3 is 0 Å². The Morgan fingerprint density at radius 2 is 2.00 bits per heavy atom. The fourth-order valence-electron chi connectivity index (χ4n) is 1.13. The van der Waals surface area contributed by atoms with E-state index in [1.54, 1.807) is 13.0 Å². The number of amides is 2. The van der Waals surface area contributed by atoms with Crippen molar-refractivity contribution in [1.82, 2.24) is 4.90 Å². The van der Waals surface area contributed by atoms with E-state index in [4.69, 9.17) is 5.26 Å². The van der Waals surface area contributed by atoms with E-state index in [0.717, 1.165) is 4.90 Å². The van der Waals surface area contributed by atoms with Gasteiger partial charge in [-0.1, -0.05) is 0 Å². The van der Waals surface area contributed by atoms with E-state index in [-0.39, 0.29) is 24.7 Å². The molecule has 0 spiro atoms. The van der Waals surface area contributed by atoms with Crippen LogP contribution in [0.2, 0.25) is 0 Å². The Morgan fingerprint density at radius 3 is 2.42 bits per heavy atom. The molecule has 0 aromatic heterocycles. The molecule has 1 heterocycles. The van der Waals surface area contributed by atoms with Crippen molar-refractivity contribution in [2.75, 3.05) is 0 Å². The van der Waals surface area contributed by atoms with Gasteiger partial charge in [-0.3, -0.25) is 14.5 Å². The highest BCUT2D eigenvalue weighted by Crippen LogP contribution is 2.16. The first kappa shape index (κ1) is 8.47. The molecule has 0 radical (unpaired) electrons. The predicted octanol–water partition coefficient (Wildman–Crippen LogP) is 0.563. The smallest absolute Gasteiger partial charge is 0.234 e. The van der Waals surface area contributed by atoms with Crippen LogP contribution in [0.4, 0.5) is 0 Å². The number of allylic oxidation sites excluding steroid dienone is 2. The molecule has 1 fully saturated rings. The molecule has 4 nitrogen and oxygen atoms in total. The third kappa shape index (κ3) is 1.35. The third-order valence-electron chi connectivity index (χ3n) is 1.68. The second-order valence-corrected chi connectivity index (χ2v) is 2.54. The summed E-state index contributed by atoms with van der Waals surface area (Å²) in [5.41, 5.74) is 0.407. The molecule has 0 aromatic rings. The van der Waals surface area contributed by atoms with Crippen LogP contribution in [0.15, 0.2) is 11.8 Å². The normalized spacial score (nSPS) is 18.3. The van der Waals surface area contributed by atoms with Crippen molar-refractivity contribution >= 4 is 11.8 Å². The minimum atomic E-state index is -0.219. The summed E-state index contributed by atoms with van der Waals surface area (Å²) in [5.74, 6) is -0.437. The maximum Gasteiger partial charge on any atom is 0.234 e. The first-order valence-electron chi connectivity index (χ1n) is 3.59. The van der Waals surface area contributed by atoms with Crippen LogP contribution in [0, 0.1) is 11.3 Å². The minimum absolute atomic E-state index is 0.219. The monoisotopic (exact) mass is 164 g/mol. The largest absolute Gasteiger partial charge is 0.274 e. The van der Waals surface area contributed by atoms with Crippen LogP contribution >= 0.6 is 0 Å². The van der Waals surface area contributed by atoms with Gasteiger partial charge in [0.2, 0.25) is 11.8 Å². The zero-order valence-electron chi connectivity index (χ0n) is 6.70. The molecular weight excluding hydrogens is 156 g/mol. The highest BCUT2D eigenvalue weighted by molar-refractivity contribution is 6.03. The first-order valence-corrected chi connectivity index (χ1v) is 3.59. The average molecular weight is 164 g/mol. The van der Waals surface area contributed by atoms with Gasteiger partial charge in [0, 0.05) is 24.6 Å². The van der Waals surface area contributed by atoms with Gasteiger partial charge in [-0.15, -0.1) is 0 Å². The number of nitriles is 1. The Balaban J connectivity index is 2.88. The van der Waals surface area contributed by atoms with Crippen molar-refractivity contribution in [2.24, 2.45) is 0 Å². The molecule has 0 saturated carbocycles. The van der Waals surface area contributed by atoms with E-state index in [9.17, 15) is 9.59 Å².